The Morgan fingerprint density at radius 3 is 2.69 bits per heavy atom. The molecule has 0 unspecified atom stereocenters. The van der Waals surface area contributed by atoms with Gasteiger partial charge in [-0.25, -0.2) is 5.43 Å². The molecule has 8 heteroatoms. The largest absolute Gasteiger partial charge is 0.494 e. The number of hydrazone groups is 1. The van der Waals surface area contributed by atoms with E-state index in [4.69, 9.17) is 30.2 Å². The smallest absolute Gasteiger partial charge is 0.307 e. The highest BCUT2D eigenvalue weighted by Gasteiger charge is 2.13. The Kier molecular flexibility index (Phi) is 6.61. The van der Waals surface area contributed by atoms with Gasteiger partial charge < -0.3 is 18.6 Å². The molecule has 0 saturated carbocycles. The predicted octanol–water partition coefficient (Wildman–Crippen LogP) is 4.66. The lowest BCUT2D eigenvalue weighted by molar-refractivity contribution is 0.0929. The van der Waals surface area contributed by atoms with Gasteiger partial charge in [0.25, 0.3) is 0 Å². The van der Waals surface area contributed by atoms with Gasteiger partial charge in [0.15, 0.2) is 17.3 Å². The molecule has 0 bridgehead atoms. The van der Waals surface area contributed by atoms with Crippen molar-refractivity contribution in [2.75, 3.05) is 20.3 Å². The molecule has 0 aliphatic carbocycles. The van der Waals surface area contributed by atoms with Gasteiger partial charge >= 0.3 is 5.91 Å². The van der Waals surface area contributed by atoms with E-state index in [0.717, 1.165) is 5.39 Å². The fraction of sp³-hybridized carbons (Fsp3) is 0.238. The standard InChI is InChI=1S/C21H21ClN2O5/c1-4-27-15-6-7-17-14(10-15)11-19(29-17)21(25)24-23-12-13-8-16(22)20(26-3)18(9-13)28-5-2/h6-12H,4-5H2,1-3H3,(H,24,25)/b23-12+. The molecule has 1 aromatic heterocycles. The number of furan rings is 1. The van der Waals surface area contributed by atoms with E-state index in [9.17, 15) is 4.79 Å². The number of halogens is 1. The highest BCUT2D eigenvalue weighted by molar-refractivity contribution is 6.32. The van der Waals surface area contributed by atoms with Crippen molar-refractivity contribution in [3.05, 3.63) is 52.7 Å². The van der Waals surface area contributed by atoms with Crippen LogP contribution in [0.5, 0.6) is 17.2 Å². The number of hydrogen-bond acceptors (Lipinski definition) is 6. The van der Waals surface area contributed by atoms with E-state index in [0.29, 0.717) is 46.6 Å². The summed E-state index contributed by atoms with van der Waals surface area (Å²) in [7, 11) is 1.52. The van der Waals surface area contributed by atoms with Crippen molar-refractivity contribution in [2.24, 2.45) is 5.10 Å². The summed E-state index contributed by atoms with van der Waals surface area (Å²) in [5.41, 5.74) is 3.67. The third kappa shape index (κ3) is 4.81. The van der Waals surface area contributed by atoms with Gasteiger partial charge in [-0.1, -0.05) is 11.6 Å². The van der Waals surface area contributed by atoms with Crippen molar-refractivity contribution in [2.45, 2.75) is 13.8 Å². The van der Waals surface area contributed by atoms with Gasteiger partial charge in [-0.15, -0.1) is 0 Å². The Labute approximate surface area is 173 Å². The topological polar surface area (TPSA) is 82.3 Å². The van der Waals surface area contributed by atoms with Crippen LogP contribution in [0.1, 0.15) is 30.0 Å². The van der Waals surface area contributed by atoms with Crippen molar-refractivity contribution in [3.63, 3.8) is 0 Å². The maximum atomic E-state index is 12.3. The average Bonchev–Trinajstić information content (AvgIpc) is 3.12. The van der Waals surface area contributed by atoms with E-state index >= 15 is 0 Å². The van der Waals surface area contributed by atoms with Crippen LogP contribution in [-0.4, -0.2) is 32.4 Å². The molecular weight excluding hydrogens is 396 g/mol. The van der Waals surface area contributed by atoms with Gasteiger partial charge in [-0.2, -0.15) is 5.10 Å². The van der Waals surface area contributed by atoms with Crippen molar-refractivity contribution in [3.8, 4) is 17.2 Å². The molecule has 0 aliphatic heterocycles. The number of amides is 1. The number of fused-ring (bicyclic) bond motifs is 1. The molecule has 2 aromatic carbocycles. The average molecular weight is 417 g/mol. The van der Waals surface area contributed by atoms with Gasteiger partial charge in [0.2, 0.25) is 0 Å². The van der Waals surface area contributed by atoms with Crippen molar-refractivity contribution < 1.29 is 23.4 Å². The second-order valence-corrected chi connectivity index (χ2v) is 6.32. The third-order valence-corrected chi connectivity index (χ3v) is 4.22. The van der Waals surface area contributed by atoms with Crippen LogP contribution in [0.2, 0.25) is 5.02 Å². The first kappa shape index (κ1) is 20.5. The number of carbonyl (C=O) groups excluding carboxylic acids is 1. The molecule has 0 spiro atoms. The molecule has 7 nitrogen and oxygen atoms in total. The van der Waals surface area contributed by atoms with Gasteiger partial charge in [0.1, 0.15) is 11.3 Å². The molecule has 3 rings (SSSR count). The molecule has 1 N–H and O–H groups in total. The summed E-state index contributed by atoms with van der Waals surface area (Å²) in [6.07, 6.45) is 1.46. The molecule has 1 amide bonds. The molecule has 152 valence electrons. The van der Waals surface area contributed by atoms with Crippen LogP contribution in [0, 0.1) is 0 Å². The quantitative estimate of drug-likeness (QED) is 0.426. The van der Waals surface area contributed by atoms with Crippen LogP contribution >= 0.6 is 11.6 Å². The Hall–Kier alpha value is -3.19. The second kappa shape index (κ2) is 9.34. The second-order valence-electron chi connectivity index (χ2n) is 5.91. The van der Waals surface area contributed by atoms with Crippen LogP contribution in [0.3, 0.4) is 0 Å². The maximum Gasteiger partial charge on any atom is 0.307 e. The number of nitrogens with one attached hydrogen (secondary N) is 1. The normalized spacial score (nSPS) is 11.0. The number of benzene rings is 2. The third-order valence-electron chi connectivity index (χ3n) is 3.94. The summed E-state index contributed by atoms with van der Waals surface area (Å²) >= 11 is 6.21. The SMILES string of the molecule is CCOc1ccc2oc(C(=O)N/N=C/c3cc(Cl)c(OC)c(OCC)c3)cc2c1. The van der Waals surface area contributed by atoms with Crippen LogP contribution < -0.4 is 19.6 Å². The van der Waals surface area contributed by atoms with Gasteiger partial charge in [0.05, 0.1) is 31.6 Å². The fourth-order valence-electron chi connectivity index (χ4n) is 2.73. The molecule has 0 saturated heterocycles. The lowest BCUT2D eigenvalue weighted by Gasteiger charge is -2.11. The number of hydrogen-bond donors (Lipinski definition) is 1. The van der Waals surface area contributed by atoms with Crippen molar-refractivity contribution in [1.29, 1.82) is 0 Å². The van der Waals surface area contributed by atoms with Crippen molar-refractivity contribution in [1.82, 2.24) is 5.43 Å². The molecule has 0 atom stereocenters. The van der Waals surface area contributed by atoms with Crippen molar-refractivity contribution >= 4 is 34.7 Å². The minimum atomic E-state index is -0.472. The molecule has 1 heterocycles. The zero-order valence-electron chi connectivity index (χ0n) is 16.3. The van der Waals surface area contributed by atoms with E-state index in [-0.39, 0.29) is 5.76 Å². The molecule has 29 heavy (non-hydrogen) atoms. The Bertz CT molecular complexity index is 1040. The summed E-state index contributed by atoms with van der Waals surface area (Å²) in [5, 5.41) is 5.12. The number of rotatable bonds is 8. The number of methoxy groups -OCH3 is 1. The van der Waals surface area contributed by atoms with Crippen LogP contribution in [-0.2, 0) is 0 Å². The molecule has 0 radical (unpaired) electrons. The zero-order chi connectivity index (χ0) is 20.8. The van der Waals surface area contributed by atoms with Crippen LogP contribution in [0.25, 0.3) is 11.0 Å². The summed E-state index contributed by atoms with van der Waals surface area (Å²) in [5.74, 6) is 1.34. The first-order chi connectivity index (χ1) is 14.0. The van der Waals surface area contributed by atoms with Crippen LogP contribution in [0.4, 0.5) is 0 Å². The lowest BCUT2D eigenvalue weighted by atomic mass is 10.2. The number of carbonyl (C=O) groups is 1. The van der Waals surface area contributed by atoms with E-state index in [2.05, 4.69) is 10.5 Å². The van der Waals surface area contributed by atoms with Crippen LogP contribution in [0.15, 0.2) is 45.9 Å². The highest BCUT2D eigenvalue weighted by Crippen LogP contribution is 2.35. The Balaban J connectivity index is 1.73. The summed E-state index contributed by atoms with van der Waals surface area (Å²) in [6.45, 7) is 4.79. The first-order valence-corrected chi connectivity index (χ1v) is 9.43. The van der Waals surface area contributed by atoms with E-state index in [1.165, 1.54) is 13.3 Å². The molecule has 0 aliphatic rings. The van der Waals surface area contributed by atoms with E-state index in [1.807, 2.05) is 19.9 Å². The minimum absolute atomic E-state index is 0.147. The summed E-state index contributed by atoms with van der Waals surface area (Å²) < 4.78 is 21.8. The minimum Gasteiger partial charge on any atom is -0.494 e. The zero-order valence-corrected chi connectivity index (χ0v) is 17.1. The van der Waals surface area contributed by atoms with E-state index < -0.39 is 5.91 Å². The predicted molar refractivity (Wildman–Crippen MR) is 112 cm³/mol. The van der Waals surface area contributed by atoms with Gasteiger partial charge in [-0.3, -0.25) is 4.79 Å². The lowest BCUT2D eigenvalue weighted by Crippen LogP contribution is -2.16. The molecular formula is C21H21ClN2O5. The van der Waals surface area contributed by atoms with Gasteiger partial charge in [-0.05, 0) is 55.8 Å². The maximum absolute atomic E-state index is 12.3. The fourth-order valence-corrected chi connectivity index (χ4v) is 3.03. The first-order valence-electron chi connectivity index (χ1n) is 9.05. The summed E-state index contributed by atoms with van der Waals surface area (Å²) in [6, 6.07) is 10.4. The number of nitrogens with zero attached hydrogens (tertiary/aromatic N) is 1. The van der Waals surface area contributed by atoms with E-state index in [1.54, 1.807) is 30.3 Å². The number of ether oxygens (including phenoxy) is 3. The molecule has 3 aromatic rings. The highest BCUT2D eigenvalue weighted by atomic mass is 35.5. The Morgan fingerprint density at radius 2 is 1.97 bits per heavy atom. The monoisotopic (exact) mass is 416 g/mol. The summed E-state index contributed by atoms with van der Waals surface area (Å²) in [4.78, 5) is 12.3. The van der Waals surface area contributed by atoms with Gasteiger partial charge in [0, 0.05) is 5.39 Å². The molecule has 0 fully saturated rings. The Morgan fingerprint density at radius 1 is 1.17 bits per heavy atom.